The molecule has 2 atom stereocenters. The molecule has 1 heterocycles. The quantitative estimate of drug-likeness (QED) is 0.409. The Morgan fingerprint density at radius 2 is 1.58 bits per heavy atom. The van der Waals surface area contributed by atoms with Gasteiger partial charge < -0.3 is 15.2 Å². The van der Waals surface area contributed by atoms with Gasteiger partial charge in [-0.1, -0.05) is 61.5 Å². The van der Waals surface area contributed by atoms with E-state index in [1.165, 1.54) is 12.1 Å². The second kappa shape index (κ2) is 11.4. The largest absolute Gasteiger partial charge is 0.477 e. The Morgan fingerprint density at radius 3 is 2.18 bits per heavy atom. The molecule has 0 radical (unpaired) electrons. The zero-order chi connectivity index (χ0) is 23.8. The van der Waals surface area contributed by atoms with E-state index in [4.69, 9.17) is 9.84 Å². The molecule has 2 aromatic carbocycles. The Bertz CT molecular complexity index is 1090. The van der Waals surface area contributed by atoms with E-state index in [-0.39, 0.29) is 22.8 Å². The van der Waals surface area contributed by atoms with Gasteiger partial charge in [0.1, 0.15) is 4.88 Å². The van der Waals surface area contributed by atoms with E-state index < -0.39 is 11.9 Å². The lowest BCUT2D eigenvalue weighted by Crippen LogP contribution is -2.38. The number of nitrogens with one attached hydrogen (secondary N) is 1. The van der Waals surface area contributed by atoms with E-state index in [9.17, 15) is 14.4 Å². The first-order chi connectivity index (χ1) is 15.9. The third-order valence-corrected chi connectivity index (χ3v) is 6.32. The van der Waals surface area contributed by atoms with E-state index in [1.807, 2.05) is 54.6 Å². The van der Waals surface area contributed by atoms with Crippen LogP contribution in [0, 0.1) is 5.92 Å². The smallest absolute Gasteiger partial charge is 0.345 e. The summed E-state index contributed by atoms with van der Waals surface area (Å²) in [6.07, 6.45) is 0.934. The molecule has 0 unspecified atom stereocenters. The number of rotatable bonds is 10. The fourth-order valence-electron chi connectivity index (χ4n) is 3.58. The maximum absolute atomic E-state index is 12.8. The predicted octanol–water partition coefficient (Wildman–Crippen LogP) is 5.04. The molecular weight excluding hydrogens is 438 g/mol. The third-order valence-electron chi connectivity index (χ3n) is 5.25. The summed E-state index contributed by atoms with van der Waals surface area (Å²) in [4.78, 5) is 36.5. The molecule has 0 aliphatic heterocycles. The minimum Gasteiger partial charge on any atom is -0.477 e. The van der Waals surface area contributed by atoms with Crippen molar-refractivity contribution in [2.75, 3.05) is 6.61 Å². The molecule has 0 saturated carbocycles. The van der Waals surface area contributed by atoms with Crippen LogP contribution in [-0.4, -0.2) is 35.6 Å². The normalized spacial score (nSPS) is 12.5. The van der Waals surface area contributed by atoms with Crippen LogP contribution in [0.15, 0.2) is 66.7 Å². The summed E-state index contributed by atoms with van der Waals surface area (Å²) in [5.41, 5.74) is 3.24. The van der Waals surface area contributed by atoms with Crippen molar-refractivity contribution in [1.29, 1.82) is 0 Å². The van der Waals surface area contributed by atoms with Gasteiger partial charge in [-0.2, -0.15) is 0 Å². The van der Waals surface area contributed by atoms with Crippen LogP contribution >= 0.6 is 11.3 Å². The molecule has 7 heteroatoms. The van der Waals surface area contributed by atoms with Crippen molar-refractivity contribution >= 4 is 29.2 Å². The minimum atomic E-state index is -1.06. The van der Waals surface area contributed by atoms with Crippen LogP contribution in [0.4, 0.5) is 0 Å². The van der Waals surface area contributed by atoms with Crippen LogP contribution in [-0.2, 0) is 16.0 Å². The zero-order valence-corrected chi connectivity index (χ0v) is 19.4. The SMILES string of the molecule is CCOC(=O)[C@H](C)C[C@@H](Cc1ccc(-c2ccccc2)cc1)NC(=O)c1ccc(C(=O)O)s1. The monoisotopic (exact) mass is 465 g/mol. The van der Waals surface area contributed by atoms with Crippen molar-refractivity contribution in [3.05, 3.63) is 82.0 Å². The van der Waals surface area contributed by atoms with E-state index >= 15 is 0 Å². The van der Waals surface area contributed by atoms with E-state index in [2.05, 4.69) is 5.32 Å². The molecule has 0 fully saturated rings. The van der Waals surface area contributed by atoms with Gasteiger partial charge >= 0.3 is 11.9 Å². The van der Waals surface area contributed by atoms with E-state index in [0.717, 1.165) is 28.0 Å². The molecule has 0 spiro atoms. The number of hydrogen-bond donors (Lipinski definition) is 2. The van der Waals surface area contributed by atoms with Crippen molar-refractivity contribution in [2.24, 2.45) is 5.92 Å². The van der Waals surface area contributed by atoms with Gasteiger partial charge in [0.15, 0.2) is 0 Å². The van der Waals surface area contributed by atoms with Gasteiger partial charge in [-0.05, 0) is 48.6 Å². The number of ether oxygens (including phenoxy) is 1. The van der Waals surface area contributed by atoms with Crippen LogP contribution in [0.3, 0.4) is 0 Å². The Labute approximate surface area is 197 Å². The first-order valence-electron chi connectivity index (χ1n) is 10.8. The first kappa shape index (κ1) is 24.2. The summed E-state index contributed by atoms with van der Waals surface area (Å²) in [6, 6.07) is 20.8. The molecular formula is C26H27NO5S. The highest BCUT2D eigenvalue weighted by molar-refractivity contribution is 7.15. The van der Waals surface area contributed by atoms with Crippen molar-refractivity contribution < 1.29 is 24.2 Å². The highest BCUT2D eigenvalue weighted by atomic mass is 32.1. The Hall–Kier alpha value is -3.45. The highest BCUT2D eigenvalue weighted by Crippen LogP contribution is 2.22. The molecule has 33 heavy (non-hydrogen) atoms. The van der Waals surface area contributed by atoms with Crippen molar-refractivity contribution in [3.8, 4) is 11.1 Å². The fraction of sp³-hybridized carbons (Fsp3) is 0.269. The highest BCUT2D eigenvalue weighted by Gasteiger charge is 2.23. The van der Waals surface area contributed by atoms with Crippen LogP contribution in [0.25, 0.3) is 11.1 Å². The van der Waals surface area contributed by atoms with Crippen molar-refractivity contribution in [1.82, 2.24) is 5.32 Å². The lowest BCUT2D eigenvalue weighted by atomic mass is 9.95. The molecule has 0 saturated heterocycles. The van der Waals surface area contributed by atoms with Gasteiger partial charge in [0.25, 0.3) is 5.91 Å². The molecule has 3 aromatic rings. The average Bonchev–Trinajstić information content (AvgIpc) is 3.31. The number of carboxylic acids is 1. The number of carbonyl (C=O) groups excluding carboxylic acids is 2. The maximum Gasteiger partial charge on any atom is 0.345 e. The molecule has 3 rings (SSSR count). The number of amides is 1. The first-order valence-corrected chi connectivity index (χ1v) is 11.6. The standard InChI is InChI=1S/C26H27NO5S/c1-3-32-26(31)17(2)15-21(27-24(28)22-13-14-23(33-22)25(29)30)16-18-9-11-20(12-10-18)19-7-5-4-6-8-19/h4-14,17,21H,3,15-16H2,1-2H3,(H,27,28)(H,29,30)/t17-,21+/m1/s1. The van der Waals surface area contributed by atoms with E-state index in [0.29, 0.717) is 24.3 Å². The summed E-state index contributed by atoms with van der Waals surface area (Å²) in [5, 5.41) is 12.1. The molecule has 1 amide bonds. The van der Waals surface area contributed by atoms with Crippen molar-refractivity contribution in [2.45, 2.75) is 32.7 Å². The average molecular weight is 466 g/mol. The zero-order valence-electron chi connectivity index (χ0n) is 18.6. The summed E-state index contributed by atoms with van der Waals surface area (Å²) >= 11 is 0.927. The summed E-state index contributed by atoms with van der Waals surface area (Å²) in [6.45, 7) is 3.84. The van der Waals surface area contributed by atoms with Crippen LogP contribution in [0.1, 0.15) is 45.2 Å². The molecule has 6 nitrogen and oxygen atoms in total. The summed E-state index contributed by atoms with van der Waals surface area (Å²) < 4.78 is 5.12. The molecule has 172 valence electrons. The number of aromatic carboxylic acids is 1. The van der Waals surface area contributed by atoms with Gasteiger partial charge in [-0.25, -0.2) is 4.79 Å². The van der Waals surface area contributed by atoms with Gasteiger partial charge in [0.05, 0.1) is 17.4 Å². The number of hydrogen-bond acceptors (Lipinski definition) is 5. The van der Waals surface area contributed by atoms with Crippen LogP contribution < -0.4 is 5.32 Å². The second-order valence-corrected chi connectivity index (χ2v) is 8.88. The number of carbonyl (C=O) groups is 3. The minimum absolute atomic E-state index is 0.105. The van der Waals surface area contributed by atoms with Crippen LogP contribution in [0.5, 0.6) is 0 Å². The summed E-state index contributed by atoms with van der Waals surface area (Å²) in [5.74, 6) is -2.11. The predicted molar refractivity (Wildman–Crippen MR) is 129 cm³/mol. The number of carboxylic acid groups (broad SMARTS) is 1. The van der Waals surface area contributed by atoms with Gasteiger partial charge in [0, 0.05) is 6.04 Å². The molecule has 0 aliphatic carbocycles. The number of thiophene rings is 1. The summed E-state index contributed by atoms with van der Waals surface area (Å²) in [7, 11) is 0. The van der Waals surface area contributed by atoms with E-state index in [1.54, 1.807) is 13.8 Å². The maximum atomic E-state index is 12.8. The third kappa shape index (κ3) is 6.76. The number of benzene rings is 2. The lowest BCUT2D eigenvalue weighted by molar-refractivity contribution is -0.147. The Balaban J connectivity index is 1.75. The number of esters is 1. The Morgan fingerprint density at radius 1 is 0.939 bits per heavy atom. The van der Waals surface area contributed by atoms with Gasteiger partial charge in [-0.3, -0.25) is 9.59 Å². The second-order valence-electron chi connectivity index (χ2n) is 7.80. The Kier molecular flexibility index (Phi) is 8.38. The molecule has 0 bridgehead atoms. The fourth-order valence-corrected chi connectivity index (χ4v) is 4.33. The molecule has 1 aromatic heterocycles. The topological polar surface area (TPSA) is 92.7 Å². The van der Waals surface area contributed by atoms with Crippen molar-refractivity contribution in [3.63, 3.8) is 0 Å². The molecule has 0 aliphatic rings. The van der Waals surface area contributed by atoms with Crippen LogP contribution in [0.2, 0.25) is 0 Å². The van der Waals surface area contributed by atoms with Gasteiger partial charge in [0.2, 0.25) is 0 Å². The lowest BCUT2D eigenvalue weighted by Gasteiger charge is -2.22. The van der Waals surface area contributed by atoms with Gasteiger partial charge in [-0.15, -0.1) is 11.3 Å². The molecule has 2 N–H and O–H groups in total.